The van der Waals surface area contributed by atoms with Crippen molar-refractivity contribution in [2.24, 2.45) is 0 Å². The van der Waals surface area contributed by atoms with E-state index in [1.807, 2.05) is 55.1 Å². The van der Waals surface area contributed by atoms with Crippen LogP contribution in [0.25, 0.3) is 0 Å². The highest BCUT2D eigenvalue weighted by Gasteiger charge is 2.23. The number of rotatable bonds is 8. The van der Waals surface area contributed by atoms with Crippen molar-refractivity contribution >= 4 is 27.5 Å². The number of likely N-dealkylation sites (tertiary alicyclic amines) is 1. The van der Waals surface area contributed by atoms with Gasteiger partial charge < -0.3 is 10.2 Å². The van der Waals surface area contributed by atoms with Crippen molar-refractivity contribution in [3.63, 3.8) is 0 Å². The van der Waals surface area contributed by atoms with Crippen LogP contribution in [0.5, 0.6) is 0 Å². The van der Waals surface area contributed by atoms with E-state index < -0.39 is 15.9 Å². The number of hydrogen-bond acceptors (Lipinski definition) is 4. The fourth-order valence-corrected chi connectivity index (χ4v) is 4.62. The molecule has 8 heteroatoms. The Bertz CT molecular complexity index is 1080. The maximum atomic E-state index is 12.7. The van der Waals surface area contributed by atoms with Gasteiger partial charge in [-0.2, -0.15) is 0 Å². The lowest BCUT2D eigenvalue weighted by molar-refractivity contribution is -0.128. The van der Waals surface area contributed by atoms with Crippen LogP contribution >= 0.6 is 0 Å². The summed E-state index contributed by atoms with van der Waals surface area (Å²) in [7, 11) is -3.64. The van der Waals surface area contributed by atoms with Gasteiger partial charge in [0.1, 0.15) is 6.54 Å². The average molecular weight is 444 g/mol. The Morgan fingerprint density at radius 3 is 2.48 bits per heavy atom. The van der Waals surface area contributed by atoms with E-state index >= 15 is 0 Å². The van der Waals surface area contributed by atoms with E-state index in [1.165, 1.54) is 0 Å². The molecule has 0 atom stereocenters. The molecule has 1 heterocycles. The van der Waals surface area contributed by atoms with Crippen LogP contribution < -0.4 is 9.62 Å². The average Bonchev–Trinajstić information content (AvgIpc) is 3.11. The zero-order valence-electron chi connectivity index (χ0n) is 18.2. The number of amides is 2. The van der Waals surface area contributed by atoms with Gasteiger partial charge in [0.05, 0.1) is 11.9 Å². The molecule has 3 rings (SSSR count). The summed E-state index contributed by atoms with van der Waals surface area (Å²) in [6, 6.07) is 13.2. The molecule has 0 spiro atoms. The van der Waals surface area contributed by atoms with Gasteiger partial charge in [-0.05, 0) is 48.6 Å². The summed E-state index contributed by atoms with van der Waals surface area (Å²) < 4.78 is 25.9. The molecule has 2 aromatic rings. The Hall–Kier alpha value is -2.87. The molecule has 0 saturated carbocycles. The first kappa shape index (κ1) is 22.8. The van der Waals surface area contributed by atoms with E-state index in [-0.39, 0.29) is 19.0 Å². The van der Waals surface area contributed by atoms with Crippen LogP contribution in [0.4, 0.5) is 5.69 Å². The molecule has 166 valence electrons. The van der Waals surface area contributed by atoms with E-state index in [1.54, 1.807) is 6.07 Å². The smallest absolute Gasteiger partial charge is 0.241 e. The molecule has 2 amide bonds. The molecular formula is C23H29N3O4S. The SMILES string of the molecule is Cc1ccc(C)c(N(CC(=O)NCc2ccccc2CN2CCCC2=O)S(C)(=O)=O)c1. The van der Waals surface area contributed by atoms with Gasteiger partial charge in [0.15, 0.2) is 0 Å². The molecule has 1 aliphatic rings. The van der Waals surface area contributed by atoms with E-state index in [0.29, 0.717) is 18.7 Å². The normalized spacial score (nSPS) is 14.0. The summed E-state index contributed by atoms with van der Waals surface area (Å²) >= 11 is 0. The highest BCUT2D eigenvalue weighted by molar-refractivity contribution is 7.92. The minimum absolute atomic E-state index is 0.149. The summed E-state index contributed by atoms with van der Waals surface area (Å²) in [6.07, 6.45) is 2.56. The van der Waals surface area contributed by atoms with Gasteiger partial charge in [-0.1, -0.05) is 36.4 Å². The molecule has 0 aliphatic carbocycles. The molecule has 0 aromatic heterocycles. The molecule has 2 aromatic carbocycles. The first-order chi connectivity index (χ1) is 14.6. The summed E-state index contributed by atoms with van der Waals surface area (Å²) in [5.74, 6) is -0.241. The van der Waals surface area contributed by atoms with Crippen molar-refractivity contribution in [3.05, 3.63) is 64.7 Å². The van der Waals surface area contributed by atoms with Gasteiger partial charge >= 0.3 is 0 Å². The molecule has 7 nitrogen and oxygen atoms in total. The van der Waals surface area contributed by atoms with Crippen LogP contribution in [-0.2, 0) is 32.7 Å². The number of carbonyl (C=O) groups excluding carboxylic acids is 2. The summed E-state index contributed by atoms with van der Waals surface area (Å²) in [5, 5.41) is 2.83. The Kier molecular flexibility index (Phi) is 7.00. The maximum Gasteiger partial charge on any atom is 0.241 e. The highest BCUT2D eigenvalue weighted by Crippen LogP contribution is 2.24. The van der Waals surface area contributed by atoms with E-state index in [0.717, 1.165) is 45.8 Å². The number of nitrogens with one attached hydrogen (secondary N) is 1. The van der Waals surface area contributed by atoms with Crippen molar-refractivity contribution < 1.29 is 18.0 Å². The van der Waals surface area contributed by atoms with Gasteiger partial charge in [-0.15, -0.1) is 0 Å². The van der Waals surface area contributed by atoms with Crippen molar-refractivity contribution in [1.29, 1.82) is 0 Å². The number of aryl methyl sites for hydroxylation is 2. The van der Waals surface area contributed by atoms with Gasteiger partial charge in [-0.3, -0.25) is 13.9 Å². The minimum atomic E-state index is -3.64. The first-order valence-electron chi connectivity index (χ1n) is 10.3. The number of sulfonamides is 1. The second kappa shape index (κ2) is 9.51. The Labute approximate surface area is 184 Å². The van der Waals surface area contributed by atoms with Crippen molar-refractivity contribution in [3.8, 4) is 0 Å². The molecular weight excluding hydrogens is 414 g/mol. The van der Waals surface area contributed by atoms with E-state index in [9.17, 15) is 18.0 Å². The van der Waals surface area contributed by atoms with E-state index in [2.05, 4.69) is 5.32 Å². The molecule has 1 saturated heterocycles. The van der Waals surface area contributed by atoms with Crippen molar-refractivity contribution in [2.45, 2.75) is 39.8 Å². The third-order valence-corrected chi connectivity index (χ3v) is 6.57. The predicted octanol–water partition coefficient (Wildman–Crippen LogP) is 2.51. The third kappa shape index (κ3) is 5.85. The topological polar surface area (TPSA) is 86.8 Å². The van der Waals surface area contributed by atoms with Crippen LogP contribution in [0.3, 0.4) is 0 Å². The standard InChI is InChI=1S/C23H29N3O4S/c1-17-10-11-18(2)21(13-17)26(31(3,29)30)16-22(27)24-14-19-7-4-5-8-20(19)15-25-12-6-9-23(25)28/h4-5,7-8,10-11,13H,6,9,12,14-16H2,1-3H3,(H,24,27). The van der Waals surface area contributed by atoms with Crippen LogP contribution in [-0.4, -0.2) is 44.5 Å². The molecule has 31 heavy (non-hydrogen) atoms. The predicted molar refractivity (Wildman–Crippen MR) is 121 cm³/mol. The van der Waals surface area contributed by atoms with Crippen molar-refractivity contribution in [2.75, 3.05) is 23.7 Å². The molecule has 1 fully saturated rings. The number of nitrogens with zero attached hydrogens (tertiary/aromatic N) is 2. The zero-order chi connectivity index (χ0) is 22.6. The van der Waals surface area contributed by atoms with Crippen LogP contribution in [0.1, 0.15) is 35.1 Å². The zero-order valence-corrected chi connectivity index (χ0v) is 19.0. The van der Waals surface area contributed by atoms with Crippen LogP contribution in [0, 0.1) is 13.8 Å². The number of anilines is 1. The molecule has 0 bridgehead atoms. The lowest BCUT2D eigenvalue weighted by Crippen LogP contribution is -2.40. The van der Waals surface area contributed by atoms with Gasteiger partial charge in [0.2, 0.25) is 21.8 Å². The fourth-order valence-electron chi connectivity index (χ4n) is 3.71. The Morgan fingerprint density at radius 2 is 1.84 bits per heavy atom. The van der Waals surface area contributed by atoms with Crippen LogP contribution in [0.2, 0.25) is 0 Å². The van der Waals surface area contributed by atoms with Crippen LogP contribution in [0.15, 0.2) is 42.5 Å². The Morgan fingerprint density at radius 1 is 1.13 bits per heavy atom. The largest absolute Gasteiger partial charge is 0.350 e. The van der Waals surface area contributed by atoms with Gasteiger partial charge in [0, 0.05) is 26.1 Å². The van der Waals surface area contributed by atoms with E-state index in [4.69, 9.17) is 0 Å². The molecule has 0 unspecified atom stereocenters. The minimum Gasteiger partial charge on any atom is -0.350 e. The third-order valence-electron chi connectivity index (χ3n) is 5.45. The van der Waals surface area contributed by atoms with Gasteiger partial charge in [-0.25, -0.2) is 8.42 Å². The second-order valence-corrected chi connectivity index (χ2v) is 9.93. The summed E-state index contributed by atoms with van der Waals surface area (Å²) in [6.45, 7) is 4.94. The first-order valence-corrected chi connectivity index (χ1v) is 12.2. The number of benzene rings is 2. The van der Waals surface area contributed by atoms with Gasteiger partial charge in [0.25, 0.3) is 0 Å². The second-order valence-electron chi connectivity index (χ2n) is 8.02. The lowest BCUT2D eigenvalue weighted by Gasteiger charge is -2.24. The summed E-state index contributed by atoms with van der Waals surface area (Å²) in [5.41, 5.74) is 4.09. The van der Waals surface area contributed by atoms with Crippen molar-refractivity contribution in [1.82, 2.24) is 10.2 Å². The molecule has 1 aliphatic heterocycles. The fraction of sp³-hybridized carbons (Fsp3) is 0.391. The number of carbonyl (C=O) groups is 2. The lowest BCUT2D eigenvalue weighted by atomic mass is 10.1. The number of hydrogen-bond donors (Lipinski definition) is 1. The Balaban J connectivity index is 1.70. The highest BCUT2D eigenvalue weighted by atomic mass is 32.2. The molecule has 0 radical (unpaired) electrons. The quantitative estimate of drug-likeness (QED) is 0.679. The summed E-state index contributed by atoms with van der Waals surface area (Å²) in [4.78, 5) is 26.4. The maximum absolute atomic E-state index is 12.7. The molecule has 1 N–H and O–H groups in total. The monoisotopic (exact) mass is 443 g/mol.